The number of guanidine groups is 1. The van der Waals surface area contributed by atoms with Crippen LogP contribution in [-0.2, 0) is 4.79 Å². The summed E-state index contributed by atoms with van der Waals surface area (Å²) in [5, 5.41) is 6.09. The van der Waals surface area contributed by atoms with E-state index in [4.69, 9.17) is 0 Å². The zero-order valence-corrected chi connectivity index (χ0v) is 14.4. The molecule has 0 aromatic rings. The van der Waals surface area contributed by atoms with Crippen LogP contribution in [0.3, 0.4) is 0 Å². The van der Waals surface area contributed by atoms with Gasteiger partial charge in [0, 0.05) is 36.2 Å². The Kier molecular flexibility index (Phi) is 5.74. The largest absolute Gasteiger partial charge is 0.350 e. The fourth-order valence-corrected chi connectivity index (χ4v) is 3.26. The second kappa shape index (κ2) is 6.70. The number of carbonyl (C=O) groups is 1. The summed E-state index contributed by atoms with van der Waals surface area (Å²) in [6.45, 7) is 12.6. The van der Waals surface area contributed by atoms with Crippen molar-refractivity contribution in [2.45, 2.75) is 44.9 Å². The van der Waals surface area contributed by atoms with E-state index in [0.717, 1.165) is 24.8 Å². The average molecular weight is 300 g/mol. The summed E-state index contributed by atoms with van der Waals surface area (Å²) < 4.78 is 0.226. The molecule has 6 heteroatoms. The molecule has 1 saturated heterocycles. The number of carbonyl (C=O) groups excluding carboxylic acids is 1. The number of nitrogens with zero attached hydrogens (tertiary/aromatic N) is 2. The summed E-state index contributed by atoms with van der Waals surface area (Å²) in [6, 6.07) is 0. The molecule has 1 aliphatic rings. The highest BCUT2D eigenvalue weighted by Crippen LogP contribution is 2.29. The van der Waals surface area contributed by atoms with Gasteiger partial charge in [0.1, 0.15) is 0 Å². The summed E-state index contributed by atoms with van der Waals surface area (Å²) in [4.78, 5) is 18.3. The highest BCUT2D eigenvalue weighted by atomic mass is 32.2. The van der Waals surface area contributed by atoms with Crippen molar-refractivity contribution in [2.24, 2.45) is 4.99 Å². The van der Waals surface area contributed by atoms with Gasteiger partial charge in [0.15, 0.2) is 5.96 Å². The second-order valence-corrected chi connectivity index (χ2v) is 8.53. The third-order valence-corrected chi connectivity index (χ3v) is 4.16. The third-order valence-electron chi connectivity index (χ3n) is 2.86. The lowest BCUT2D eigenvalue weighted by Gasteiger charge is -2.39. The van der Waals surface area contributed by atoms with Crippen LogP contribution in [0.2, 0.25) is 0 Å². The molecule has 0 atom stereocenters. The van der Waals surface area contributed by atoms with Gasteiger partial charge in [-0.05, 0) is 34.6 Å². The number of nitrogens with one attached hydrogen (secondary N) is 2. The van der Waals surface area contributed by atoms with E-state index in [-0.39, 0.29) is 22.7 Å². The maximum Gasteiger partial charge on any atom is 0.239 e. The average Bonchev–Trinajstić information content (AvgIpc) is 2.26. The molecule has 1 heterocycles. The minimum absolute atomic E-state index is 0.00991. The van der Waals surface area contributed by atoms with Crippen LogP contribution in [0.4, 0.5) is 0 Å². The van der Waals surface area contributed by atoms with Crippen molar-refractivity contribution in [2.75, 3.05) is 32.4 Å². The van der Waals surface area contributed by atoms with Crippen LogP contribution >= 0.6 is 11.8 Å². The highest BCUT2D eigenvalue weighted by molar-refractivity contribution is 8.00. The van der Waals surface area contributed by atoms with Crippen LogP contribution in [0.1, 0.15) is 34.6 Å². The second-order valence-electron chi connectivity index (χ2n) is 6.73. The molecule has 1 fully saturated rings. The van der Waals surface area contributed by atoms with Crippen molar-refractivity contribution in [1.82, 2.24) is 15.5 Å². The predicted octanol–water partition coefficient (Wildman–Crippen LogP) is 1.30. The Balaban J connectivity index is 2.50. The molecule has 0 aliphatic carbocycles. The first-order valence-electron chi connectivity index (χ1n) is 7.03. The van der Waals surface area contributed by atoms with Gasteiger partial charge in [-0.15, -0.1) is 0 Å². The van der Waals surface area contributed by atoms with Crippen LogP contribution < -0.4 is 10.6 Å². The van der Waals surface area contributed by atoms with Gasteiger partial charge in [0.25, 0.3) is 0 Å². The van der Waals surface area contributed by atoms with Crippen molar-refractivity contribution < 1.29 is 4.79 Å². The van der Waals surface area contributed by atoms with E-state index in [9.17, 15) is 4.79 Å². The molecule has 0 radical (unpaired) electrons. The van der Waals surface area contributed by atoms with Gasteiger partial charge in [-0.25, -0.2) is 0 Å². The predicted molar refractivity (Wildman–Crippen MR) is 87.4 cm³/mol. The standard InChI is InChI=1S/C14H28N4OS/c1-13(2,3)17-11(19)9-16-12(15-6)18-7-8-20-14(4,5)10-18/h7-10H2,1-6H3,(H,15,16)(H,17,19). The van der Waals surface area contributed by atoms with E-state index < -0.39 is 0 Å². The Morgan fingerprint density at radius 2 is 2.05 bits per heavy atom. The normalized spacial score (nSPS) is 19.7. The topological polar surface area (TPSA) is 56.7 Å². The molecular weight excluding hydrogens is 272 g/mol. The maximum atomic E-state index is 11.8. The lowest BCUT2D eigenvalue weighted by molar-refractivity contribution is -0.121. The fourth-order valence-electron chi connectivity index (χ4n) is 2.15. The van der Waals surface area contributed by atoms with Gasteiger partial charge in [-0.1, -0.05) is 0 Å². The van der Waals surface area contributed by atoms with E-state index in [1.807, 2.05) is 32.5 Å². The van der Waals surface area contributed by atoms with Crippen molar-refractivity contribution in [3.05, 3.63) is 0 Å². The minimum Gasteiger partial charge on any atom is -0.350 e. The Morgan fingerprint density at radius 3 is 2.55 bits per heavy atom. The van der Waals surface area contributed by atoms with Crippen molar-refractivity contribution in [3.63, 3.8) is 0 Å². The smallest absolute Gasteiger partial charge is 0.239 e. The van der Waals surface area contributed by atoms with E-state index in [1.54, 1.807) is 7.05 Å². The monoisotopic (exact) mass is 300 g/mol. The molecule has 5 nitrogen and oxygen atoms in total. The van der Waals surface area contributed by atoms with Gasteiger partial charge < -0.3 is 15.5 Å². The Labute approximate surface area is 127 Å². The molecule has 0 saturated carbocycles. The first kappa shape index (κ1) is 17.1. The molecule has 2 N–H and O–H groups in total. The quantitative estimate of drug-likeness (QED) is 0.596. The molecular formula is C14H28N4OS. The van der Waals surface area contributed by atoms with Crippen molar-refractivity contribution in [3.8, 4) is 0 Å². The fraction of sp³-hybridized carbons (Fsp3) is 0.857. The van der Waals surface area contributed by atoms with E-state index in [1.165, 1.54) is 0 Å². The zero-order chi connectivity index (χ0) is 15.4. The lowest BCUT2D eigenvalue weighted by atomic mass is 10.1. The van der Waals surface area contributed by atoms with Gasteiger partial charge in [-0.3, -0.25) is 9.79 Å². The number of aliphatic imine (C=N–C) groups is 1. The number of hydrogen-bond donors (Lipinski definition) is 2. The van der Waals surface area contributed by atoms with Crippen LogP contribution in [0.15, 0.2) is 4.99 Å². The highest BCUT2D eigenvalue weighted by Gasteiger charge is 2.28. The number of thioether (sulfide) groups is 1. The number of hydrogen-bond acceptors (Lipinski definition) is 3. The molecule has 1 amide bonds. The van der Waals surface area contributed by atoms with E-state index in [0.29, 0.717) is 0 Å². The molecule has 1 rings (SSSR count). The SMILES string of the molecule is CN=C(NCC(=O)NC(C)(C)C)N1CCSC(C)(C)C1. The van der Waals surface area contributed by atoms with E-state index in [2.05, 4.69) is 34.4 Å². The third kappa shape index (κ3) is 6.03. The minimum atomic E-state index is -0.202. The molecule has 116 valence electrons. The van der Waals surface area contributed by atoms with Crippen molar-refractivity contribution in [1.29, 1.82) is 0 Å². The van der Waals surface area contributed by atoms with Gasteiger partial charge >= 0.3 is 0 Å². The maximum absolute atomic E-state index is 11.8. The van der Waals surface area contributed by atoms with Gasteiger partial charge in [0.2, 0.25) is 5.91 Å². The number of amides is 1. The lowest BCUT2D eigenvalue weighted by Crippen LogP contribution is -2.53. The number of rotatable bonds is 2. The Hall–Kier alpha value is -0.910. The molecule has 0 bridgehead atoms. The molecule has 0 unspecified atom stereocenters. The zero-order valence-electron chi connectivity index (χ0n) is 13.5. The summed E-state index contributed by atoms with van der Waals surface area (Å²) in [6.07, 6.45) is 0. The summed E-state index contributed by atoms with van der Waals surface area (Å²) >= 11 is 1.98. The molecule has 0 spiro atoms. The van der Waals surface area contributed by atoms with Crippen LogP contribution in [0.5, 0.6) is 0 Å². The summed E-state index contributed by atoms with van der Waals surface area (Å²) in [5.74, 6) is 1.88. The van der Waals surface area contributed by atoms with Gasteiger partial charge in [-0.2, -0.15) is 11.8 Å². The van der Waals surface area contributed by atoms with Crippen LogP contribution in [0, 0.1) is 0 Å². The van der Waals surface area contributed by atoms with Crippen LogP contribution in [0.25, 0.3) is 0 Å². The Bertz CT molecular complexity index is 374. The summed E-state index contributed by atoms with van der Waals surface area (Å²) in [7, 11) is 1.76. The molecule has 0 aromatic carbocycles. The van der Waals surface area contributed by atoms with Gasteiger partial charge in [0.05, 0.1) is 6.54 Å². The molecule has 0 aromatic heterocycles. The summed E-state index contributed by atoms with van der Waals surface area (Å²) in [5.41, 5.74) is -0.202. The van der Waals surface area contributed by atoms with Crippen molar-refractivity contribution >= 4 is 23.6 Å². The first-order valence-corrected chi connectivity index (χ1v) is 8.02. The molecule has 1 aliphatic heterocycles. The van der Waals surface area contributed by atoms with Crippen LogP contribution in [-0.4, -0.2) is 59.5 Å². The Morgan fingerprint density at radius 1 is 1.40 bits per heavy atom. The molecule has 20 heavy (non-hydrogen) atoms. The first-order chi connectivity index (χ1) is 9.13. The van der Waals surface area contributed by atoms with E-state index >= 15 is 0 Å².